The maximum atomic E-state index is 12.5. The lowest BCUT2D eigenvalue weighted by Crippen LogP contribution is -2.28. The molecule has 1 aliphatic heterocycles. The van der Waals surface area contributed by atoms with Gasteiger partial charge in [-0.1, -0.05) is 12.1 Å². The van der Waals surface area contributed by atoms with Crippen molar-refractivity contribution in [1.29, 1.82) is 0 Å². The van der Waals surface area contributed by atoms with E-state index in [4.69, 9.17) is 14.2 Å². The van der Waals surface area contributed by atoms with Crippen LogP contribution in [0, 0.1) is 0 Å². The largest absolute Gasteiger partial charge is 0.497 e. The van der Waals surface area contributed by atoms with Gasteiger partial charge in [0.2, 0.25) is 5.91 Å². The summed E-state index contributed by atoms with van der Waals surface area (Å²) in [5, 5.41) is -0.125. The maximum absolute atomic E-state index is 12.5. The van der Waals surface area contributed by atoms with Gasteiger partial charge in [-0.2, -0.15) is 0 Å². The normalized spacial score (nSPS) is 16.3. The highest BCUT2D eigenvalue weighted by atomic mass is 32.2. The Morgan fingerprint density at radius 1 is 1.11 bits per heavy atom. The molecule has 2 aromatic rings. The number of hydrogen-bond donors (Lipinski definition) is 0. The smallest absolute Gasteiger partial charge is 0.337 e. The van der Waals surface area contributed by atoms with Gasteiger partial charge in [-0.05, 0) is 35.9 Å². The van der Waals surface area contributed by atoms with Crippen LogP contribution in [0.25, 0.3) is 0 Å². The van der Waals surface area contributed by atoms with Gasteiger partial charge in [0.05, 0.1) is 39.2 Å². The molecule has 1 fully saturated rings. The van der Waals surface area contributed by atoms with Crippen molar-refractivity contribution in [3.63, 3.8) is 0 Å². The number of carbonyl (C=O) groups excluding carboxylic acids is 2. The van der Waals surface area contributed by atoms with Crippen LogP contribution >= 0.6 is 11.8 Å². The molecule has 0 saturated carbocycles. The molecule has 0 spiro atoms. The summed E-state index contributed by atoms with van der Waals surface area (Å²) in [7, 11) is 4.56. The average molecular weight is 387 g/mol. The molecule has 0 N–H and O–H groups in total. The Morgan fingerprint density at radius 2 is 1.85 bits per heavy atom. The summed E-state index contributed by atoms with van der Waals surface area (Å²) in [6.07, 6.45) is 0. The number of hydrogen-bond acceptors (Lipinski definition) is 6. The van der Waals surface area contributed by atoms with Gasteiger partial charge in [0.1, 0.15) is 16.9 Å². The van der Waals surface area contributed by atoms with Gasteiger partial charge < -0.3 is 19.1 Å². The molecule has 0 radical (unpaired) electrons. The highest BCUT2D eigenvalue weighted by molar-refractivity contribution is 8.00. The first kappa shape index (κ1) is 19.1. The zero-order valence-corrected chi connectivity index (χ0v) is 16.2. The maximum Gasteiger partial charge on any atom is 0.337 e. The number of rotatable bonds is 6. The Balaban J connectivity index is 1.86. The number of amides is 1. The molecule has 1 aliphatic rings. The van der Waals surface area contributed by atoms with Gasteiger partial charge in [-0.3, -0.25) is 4.79 Å². The van der Waals surface area contributed by atoms with Crippen LogP contribution in [0.3, 0.4) is 0 Å². The third-order valence-electron chi connectivity index (χ3n) is 4.41. The summed E-state index contributed by atoms with van der Waals surface area (Å²) < 4.78 is 15.5. The van der Waals surface area contributed by atoms with Crippen molar-refractivity contribution in [3.05, 3.63) is 59.2 Å². The zero-order chi connectivity index (χ0) is 19.4. The lowest BCUT2D eigenvalue weighted by atomic mass is 10.1. The second-order valence-electron chi connectivity index (χ2n) is 5.98. The standard InChI is InChI=1S/C20H21NO5S/c1-24-16-8-9-17(25-2)15(10-16)11-21-18(22)12-27-19(21)13-4-6-14(7-5-13)20(23)26-3/h4-10,19H,11-12H2,1-3H3. The van der Waals surface area contributed by atoms with Crippen molar-refractivity contribution in [2.45, 2.75) is 11.9 Å². The summed E-state index contributed by atoms with van der Waals surface area (Å²) in [4.78, 5) is 25.9. The van der Waals surface area contributed by atoms with Crippen LogP contribution in [0.5, 0.6) is 11.5 Å². The van der Waals surface area contributed by atoms with Crippen molar-refractivity contribution < 1.29 is 23.8 Å². The summed E-state index contributed by atoms with van der Waals surface area (Å²) in [5.41, 5.74) is 2.32. The van der Waals surface area contributed by atoms with Crippen LogP contribution in [-0.2, 0) is 16.1 Å². The number of esters is 1. The zero-order valence-electron chi connectivity index (χ0n) is 15.4. The van der Waals surface area contributed by atoms with E-state index in [9.17, 15) is 9.59 Å². The molecule has 0 aliphatic carbocycles. The summed E-state index contributed by atoms with van der Waals surface area (Å²) >= 11 is 1.56. The number of benzene rings is 2. The molecule has 3 rings (SSSR count). The molecule has 7 heteroatoms. The van der Waals surface area contributed by atoms with Crippen molar-refractivity contribution in [2.24, 2.45) is 0 Å². The van der Waals surface area contributed by atoms with Crippen LogP contribution in [0.15, 0.2) is 42.5 Å². The van der Waals surface area contributed by atoms with Crippen LogP contribution in [0.1, 0.15) is 26.9 Å². The lowest BCUT2D eigenvalue weighted by molar-refractivity contribution is -0.128. The molecular formula is C20H21NO5S. The fourth-order valence-corrected chi connectivity index (χ4v) is 4.18. The van der Waals surface area contributed by atoms with Crippen LogP contribution < -0.4 is 9.47 Å². The van der Waals surface area contributed by atoms with Crippen LogP contribution in [0.4, 0.5) is 0 Å². The van der Waals surface area contributed by atoms with Crippen molar-refractivity contribution >= 4 is 23.6 Å². The van der Waals surface area contributed by atoms with Gasteiger partial charge in [0.25, 0.3) is 0 Å². The highest BCUT2D eigenvalue weighted by Gasteiger charge is 2.33. The minimum Gasteiger partial charge on any atom is -0.497 e. The third kappa shape index (κ3) is 4.03. The predicted molar refractivity (Wildman–Crippen MR) is 103 cm³/mol. The van der Waals surface area contributed by atoms with Gasteiger partial charge in [0.15, 0.2) is 0 Å². The van der Waals surface area contributed by atoms with Gasteiger partial charge in [-0.25, -0.2) is 4.79 Å². The molecule has 0 aromatic heterocycles. The van der Waals surface area contributed by atoms with E-state index in [1.54, 1.807) is 38.1 Å². The van der Waals surface area contributed by atoms with Gasteiger partial charge in [0, 0.05) is 5.56 Å². The number of nitrogens with zero attached hydrogens (tertiary/aromatic N) is 1. The Bertz CT molecular complexity index is 837. The second-order valence-corrected chi connectivity index (χ2v) is 7.04. The Hall–Kier alpha value is -2.67. The molecular weight excluding hydrogens is 366 g/mol. The molecule has 1 saturated heterocycles. The number of ether oxygens (including phenoxy) is 3. The molecule has 1 unspecified atom stereocenters. The van der Waals surface area contributed by atoms with Crippen LogP contribution in [-0.4, -0.2) is 43.9 Å². The monoisotopic (exact) mass is 387 g/mol. The Morgan fingerprint density at radius 3 is 2.48 bits per heavy atom. The first-order valence-electron chi connectivity index (χ1n) is 8.37. The Labute approximate surface area is 162 Å². The first-order chi connectivity index (χ1) is 13.1. The Kier molecular flexibility index (Phi) is 5.91. The van der Waals surface area contributed by atoms with Crippen molar-refractivity contribution in [3.8, 4) is 11.5 Å². The first-order valence-corrected chi connectivity index (χ1v) is 9.42. The SMILES string of the molecule is COC(=O)c1ccc(C2SCC(=O)N2Cc2cc(OC)ccc2OC)cc1. The third-order valence-corrected chi connectivity index (χ3v) is 5.67. The van der Waals surface area contributed by atoms with E-state index < -0.39 is 0 Å². The molecule has 1 amide bonds. The van der Waals surface area contributed by atoms with Crippen LogP contribution in [0.2, 0.25) is 0 Å². The van der Waals surface area contributed by atoms with Gasteiger partial charge in [-0.15, -0.1) is 11.8 Å². The summed E-state index contributed by atoms with van der Waals surface area (Å²) in [6, 6.07) is 12.7. The predicted octanol–water partition coefficient (Wildman–Crippen LogP) is 3.26. The van der Waals surface area contributed by atoms with Gasteiger partial charge >= 0.3 is 5.97 Å². The summed E-state index contributed by atoms with van der Waals surface area (Å²) in [6.45, 7) is 0.412. The van der Waals surface area contributed by atoms with E-state index in [-0.39, 0.29) is 17.3 Å². The number of thioether (sulfide) groups is 1. The molecule has 1 atom stereocenters. The van der Waals surface area contributed by atoms with Crippen molar-refractivity contribution in [1.82, 2.24) is 4.90 Å². The van der Waals surface area contributed by atoms with E-state index in [0.717, 1.165) is 11.1 Å². The van der Waals surface area contributed by atoms with E-state index in [1.165, 1.54) is 7.11 Å². The van der Waals surface area contributed by atoms with E-state index in [1.807, 2.05) is 35.2 Å². The lowest BCUT2D eigenvalue weighted by Gasteiger charge is -2.25. The number of methoxy groups -OCH3 is 3. The molecule has 1 heterocycles. The molecule has 142 valence electrons. The summed E-state index contributed by atoms with van der Waals surface area (Å²) in [5.74, 6) is 1.52. The van der Waals surface area contributed by atoms with E-state index in [0.29, 0.717) is 29.4 Å². The quantitative estimate of drug-likeness (QED) is 0.709. The fraction of sp³-hybridized carbons (Fsp3) is 0.300. The minimum atomic E-state index is -0.380. The van der Waals surface area contributed by atoms with E-state index >= 15 is 0 Å². The van der Waals surface area contributed by atoms with Crippen molar-refractivity contribution in [2.75, 3.05) is 27.1 Å². The minimum absolute atomic E-state index is 0.0620. The second kappa shape index (κ2) is 8.35. The van der Waals surface area contributed by atoms with E-state index in [2.05, 4.69) is 0 Å². The molecule has 0 bridgehead atoms. The highest BCUT2D eigenvalue weighted by Crippen LogP contribution is 2.40. The topological polar surface area (TPSA) is 65.1 Å². The molecule has 2 aromatic carbocycles. The molecule has 6 nitrogen and oxygen atoms in total. The fourth-order valence-electron chi connectivity index (χ4n) is 2.99. The number of carbonyl (C=O) groups is 2. The molecule has 27 heavy (non-hydrogen) atoms. The average Bonchev–Trinajstić information content (AvgIpc) is 3.07.